The van der Waals surface area contributed by atoms with Gasteiger partial charge in [0.25, 0.3) is 5.56 Å². The van der Waals surface area contributed by atoms with E-state index >= 15 is 0 Å². The van der Waals surface area contributed by atoms with Crippen LogP contribution < -0.4 is 10.3 Å². The zero-order valence-electron chi connectivity index (χ0n) is 13.4. The van der Waals surface area contributed by atoms with Crippen molar-refractivity contribution in [3.05, 3.63) is 52.8 Å². The van der Waals surface area contributed by atoms with E-state index in [-0.39, 0.29) is 5.56 Å². The van der Waals surface area contributed by atoms with Crippen LogP contribution in [0.25, 0.3) is 5.69 Å². The molecule has 0 unspecified atom stereocenters. The summed E-state index contributed by atoms with van der Waals surface area (Å²) in [6.45, 7) is 4.10. The molecule has 0 aliphatic carbocycles. The normalized spacial score (nSPS) is 15.5. The van der Waals surface area contributed by atoms with Crippen molar-refractivity contribution in [3.8, 4) is 11.6 Å². The Morgan fingerprint density at radius 3 is 2.57 bits per heavy atom. The van der Waals surface area contributed by atoms with Crippen LogP contribution in [0.2, 0.25) is 0 Å². The van der Waals surface area contributed by atoms with Crippen LogP contribution in [0.4, 0.5) is 0 Å². The summed E-state index contributed by atoms with van der Waals surface area (Å²) in [4.78, 5) is 14.4. The molecule has 2 aromatic rings. The van der Waals surface area contributed by atoms with Gasteiger partial charge in [-0.15, -0.1) is 5.10 Å². The molecule has 0 saturated carbocycles. The first-order valence-corrected chi connectivity index (χ1v) is 8.34. The highest BCUT2D eigenvalue weighted by molar-refractivity contribution is 5.30. The van der Waals surface area contributed by atoms with E-state index in [0.29, 0.717) is 12.5 Å². The zero-order valence-corrected chi connectivity index (χ0v) is 13.4. The first kappa shape index (κ1) is 15.7. The summed E-state index contributed by atoms with van der Waals surface area (Å²) in [6, 6.07) is 12.5. The first-order chi connectivity index (χ1) is 11.3. The topological polar surface area (TPSA) is 47.4 Å². The Morgan fingerprint density at radius 1 is 1.00 bits per heavy atom. The van der Waals surface area contributed by atoms with Crippen molar-refractivity contribution >= 4 is 0 Å². The molecule has 1 aromatic carbocycles. The predicted octanol–water partition coefficient (Wildman–Crippen LogP) is 2.49. The van der Waals surface area contributed by atoms with E-state index in [0.717, 1.165) is 18.7 Å². The molecular formula is C18H23N3O2. The lowest BCUT2D eigenvalue weighted by molar-refractivity contribution is 0.202. The highest BCUT2D eigenvalue weighted by atomic mass is 16.5. The van der Waals surface area contributed by atoms with Crippen LogP contribution in [0.3, 0.4) is 0 Å². The number of rotatable bonds is 6. The third kappa shape index (κ3) is 4.42. The van der Waals surface area contributed by atoms with Gasteiger partial charge in [-0.25, -0.2) is 0 Å². The number of hydrogen-bond acceptors (Lipinski definition) is 4. The lowest BCUT2D eigenvalue weighted by Crippen LogP contribution is -2.31. The van der Waals surface area contributed by atoms with Gasteiger partial charge in [-0.2, -0.15) is 4.68 Å². The second-order valence-corrected chi connectivity index (χ2v) is 5.86. The summed E-state index contributed by atoms with van der Waals surface area (Å²) in [6.07, 6.45) is 4.96. The fourth-order valence-electron chi connectivity index (χ4n) is 2.87. The minimum Gasteiger partial charge on any atom is -0.477 e. The van der Waals surface area contributed by atoms with E-state index in [4.69, 9.17) is 4.74 Å². The lowest BCUT2D eigenvalue weighted by atomic mass is 10.1. The maximum Gasteiger partial charge on any atom is 0.271 e. The number of benzene rings is 1. The Bertz CT molecular complexity index is 663. The Balaban J connectivity index is 1.55. The van der Waals surface area contributed by atoms with Crippen molar-refractivity contribution in [2.45, 2.75) is 25.7 Å². The van der Waals surface area contributed by atoms with Crippen LogP contribution in [-0.4, -0.2) is 40.9 Å². The number of aromatic nitrogens is 2. The summed E-state index contributed by atoms with van der Waals surface area (Å²) >= 11 is 0. The molecule has 1 aliphatic heterocycles. The molecule has 5 nitrogen and oxygen atoms in total. The maximum absolute atomic E-state index is 11.9. The summed E-state index contributed by atoms with van der Waals surface area (Å²) < 4.78 is 7.09. The molecule has 0 atom stereocenters. The van der Waals surface area contributed by atoms with Gasteiger partial charge in [-0.3, -0.25) is 4.79 Å². The third-order valence-corrected chi connectivity index (χ3v) is 4.09. The van der Waals surface area contributed by atoms with Gasteiger partial charge in [0, 0.05) is 18.7 Å². The summed E-state index contributed by atoms with van der Waals surface area (Å²) in [5, 5.41) is 4.30. The molecule has 3 rings (SSSR count). The minimum atomic E-state index is -0.156. The van der Waals surface area contributed by atoms with Gasteiger partial charge in [0.1, 0.15) is 0 Å². The number of hydrogen-bond donors (Lipinski definition) is 0. The summed E-state index contributed by atoms with van der Waals surface area (Å²) in [5.74, 6) is 0.493. The van der Waals surface area contributed by atoms with E-state index < -0.39 is 0 Å². The molecule has 1 fully saturated rings. The molecule has 23 heavy (non-hydrogen) atoms. The van der Waals surface area contributed by atoms with Crippen molar-refractivity contribution in [3.63, 3.8) is 0 Å². The van der Waals surface area contributed by atoms with Crippen molar-refractivity contribution in [1.82, 2.24) is 14.7 Å². The van der Waals surface area contributed by atoms with E-state index in [1.54, 1.807) is 6.07 Å². The fraction of sp³-hybridized carbons (Fsp3) is 0.444. The van der Waals surface area contributed by atoms with E-state index in [1.807, 2.05) is 30.3 Å². The van der Waals surface area contributed by atoms with Crippen LogP contribution in [0.1, 0.15) is 25.7 Å². The molecule has 2 heterocycles. The molecule has 0 amide bonds. The van der Waals surface area contributed by atoms with Crippen LogP contribution in [0.5, 0.6) is 5.88 Å². The second-order valence-electron chi connectivity index (χ2n) is 5.86. The maximum atomic E-state index is 11.9. The number of nitrogens with zero attached hydrogens (tertiary/aromatic N) is 3. The Kier molecular flexibility index (Phi) is 5.42. The highest BCUT2D eigenvalue weighted by Crippen LogP contribution is 2.10. The molecule has 1 aliphatic rings. The standard InChI is InChI=1S/C18H23N3O2/c22-18-11-10-17(19-21(18)16-8-3-1-4-9-16)23-15-7-14-20-12-5-2-6-13-20/h1,3-4,8-11H,2,5-7,12-15H2. The van der Waals surface area contributed by atoms with Crippen molar-refractivity contribution < 1.29 is 4.74 Å². The molecular weight excluding hydrogens is 290 g/mol. The second kappa shape index (κ2) is 7.92. The molecule has 0 bridgehead atoms. The summed E-state index contributed by atoms with van der Waals surface area (Å²) in [5.41, 5.74) is 0.591. The predicted molar refractivity (Wildman–Crippen MR) is 90.2 cm³/mol. The van der Waals surface area contributed by atoms with Gasteiger partial charge in [0.2, 0.25) is 5.88 Å². The van der Waals surface area contributed by atoms with Gasteiger partial charge in [-0.05, 0) is 44.5 Å². The molecule has 0 spiro atoms. The Morgan fingerprint density at radius 2 is 1.78 bits per heavy atom. The Labute approximate surface area is 136 Å². The average molecular weight is 313 g/mol. The first-order valence-electron chi connectivity index (χ1n) is 8.34. The van der Waals surface area contributed by atoms with E-state index in [9.17, 15) is 4.79 Å². The largest absolute Gasteiger partial charge is 0.477 e. The van der Waals surface area contributed by atoms with Gasteiger partial charge in [0.15, 0.2) is 0 Å². The smallest absolute Gasteiger partial charge is 0.271 e. The van der Waals surface area contributed by atoms with Crippen molar-refractivity contribution in [2.75, 3.05) is 26.2 Å². The van der Waals surface area contributed by atoms with Crippen LogP contribution in [0, 0.1) is 0 Å². The van der Waals surface area contributed by atoms with Crippen molar-refractivity contribution in [1.29, 1.82) is 0 Å². The van der Waals surface area contributed by atoms with Gasteiger partial charge in [-0.1, -0.05) is 24.6 Å². The monoisotopic (exact) mass is 313 g/mol. The van der Waals surface area contributed by atoms with E-state index in [1.165, 1.54) is 43.1 Å². The number of likely N-dealkylation sites (tertiary alicyclic amines) is 1. The van der Waals surface area contributed by atoms with Gasteiger partial charge in [0.05, 0.1) is 12.3 Å². The van der Waals surface area contributed by atoms with Crippen LogP contribution in [0.15, 0.2) is 47.3 Å². The quantitative estimate of drug-likeness (QED) is 0.769. The number of piperidine rings is 1. The molecule has 1 aromatic heterocycles. The molecule has 0 N–H and O–H groups in total. The number of ether oxygens (including phenoxy) is 1. The van der Waals surface area contributed by atoms with Crippen LogP contribution in [-0.2, 0) is 0 Å². The highest BCUT2D eigenvalue weighted by Gasteiger charge is 2.09. The molecule has 122 valence electrons. The molecule has 5 heteroatoms. The minimum absolute atomic E-state index is 0.156. The summed E-state index contributed by atoms with van der Waals surface area (Å²) in [7, 11) is 0. The average Bonchev–Trinajstić information content (AvgIpc) is 2.62. The SMILES string of the molecule is O=c1ccc(OCCCN2CCCCC2)nn1-c1ccccc1. The zero-order chi connectivity index (χ0) is 15.9. The van der Waals surface area contributed by atoms with Gasteiger partial charge < -0.3 is 9.64 Å². The van der Waals surface area contributed by atoms with Crippen molar-refractivity contribution in [2.24, 2.45) is 0 Å². The number of para-hydroxylation sites is 1. The fourth-order valence-corrected chi connectivity index (χ4v) is 2.87. The lowest BCUT2D eigenvalue weighted by Gasteiger charge is -2.26. The Hall–Kier alpha value is -2.14. The van der Waals surface area contributed by atoms with Gasteiger partial charge >= 0.3 is 0 Å². The van der Waals surface area contributed by atoms with E-state index in [2.05, 4.69) is 10.00 Å². The molecule has 0 radical (unpaired) electrons. The molecule has 1 saturated heterocycles. The van der Waals surface area contributed by atoms with Crippen LogP contribution >= 0.6 is 0 Å². The third-order valence-electron chi connectivity index (χ3n) is 4.09.